The molecule has 0 aromatic heterocycles. The van der Waals surface area contributed by atoms with Gasteiger partial charge in [-0.1, -0.05) is 42.5 Å². The van der Waals surface area contributed by atoms with Gasteiger partial charge in [0.2, 0.25) is 5.91 Å². The van der Waals surface area contributed by atoms with E-state index in [2.05, 4.69) is 28.4 Å². The van der Waals surface area contributed by atoms with Gasteiger partial charge in [-0.2, -0.15) is 0 Å². The van der Waals surface area contributed by atoms with Crippen LogP contribution in [0.25, 0.3) is 6.08 Å². The summed E-state index contributed by atoms with van der Waals surface area (Å²) in [5.74, 6) is 2.41. The fourth-order valence-electron chi connectivity index (χ4n) is 4.09. The largest absolute Gasteiger partial charge is 0.497 e. The number of carbonyl (C=O) groups excluding carboxylic acids is 1. The van der Waals surface area contributed by atoms with Gasteiger partial charge in [0.05, 0.1) is 14.2 Å². The normalized spacial score (nSPS) is 16.9. The predicted molar refractivity (Wildman–Crippen MR) is 125 cm³/mol. The Hall–Kier alpha value is -2.79. The molecule has 0 unspecified atom stereocenters. The van der Waals surface area contributed by atoms with Crippen molar-refractivity contribution < 1.29 is 14.3 Å². The smallest absolute Gasteiger partial charge is 0.220 e. The fourth-order valence-corrected chi connectivity index (χ4v) is 4.09. The highest BCUT2D eigenvalue weighted by Crippen LogP contribution is 2.22. The third-order valence-corrected chi connectivity index (χ3v) is 5.81. The van der Waals surface area contributed by atoms with E-state index in [0.717, 1.165) is 48.7 Å². The third kappa shape index (κ3) is 7.44. The van der Waals surface area contributed by atoms with E-state index in [1.54, 1.807) is 14.2 Å². The third-order valence-electron chi connectivity index (χ3n) is 5.81. The first kappa shape index (κ1) is 22.9. The molecule has 0 aliphatic carbocycles. The van der Waals surface area contributed by atoms with Crippen LogP contribution in [-0.4, -0.2) is 44.7 Å². The number of methoxy groups -OCH3 is 2. The van der Waals surface area contributed by atoms with E-state index in [-0.39, 0.29) is 5.91 Å². The molecule has 1 saturated heterocycles. The number of para-hydroxylation sites is 1. The summed E-state index contributed by atoms with van der Waals surface area (Å²) in [6.07, 6.45) is 8.26. The molecular formula is C26H34N2O3. The maximum Gasteiger partial charge on any atom is 0.220 e. The average molecular weight is 423 g/mol. The molecule has 1 amide bonds. The van der Waals surface area contributed by atoms with Crippen molar-refractivity contribution in [2.24, 2.45) is 5.92 Å². The fraction of sp³-hybridized carbons (Fsp3) is 0.423. The van der Waals surface area contributed by atoms with Gasteiger partial charge in [-0.25, -0.2) is 0 Å². The van der Waals surface area contributed by atoms with E-state index < -0.39 is 0 Å². The standard InChI is InChI=1S/C26H34N2O3/c1-30-24-12-5-8-22(18-24)19-27-26(29)15-14-21-9-6-16-28(20-21)17-7-11-23-10-3-4-13-25(23)31-2/h3-5,7-8,10-13,18,21H,6,9,14-17,19-20H2,1-2H3,(H,27,29)/b11-7+/t21-/m1/s1. The first-order chi connectivity index (χ1) is 15.2. The molecule has 5 heteroatoms. The van der Waals surface area contributed by atoms with Crippen molar-refractivity contribution in [3.05, 3.63) is 65.7 Å². The number of benzene rings is 2. The number of carbonyl (C=O) groups is 1. The minimum absolute atomic E-state index is 0.121. The van der Waals surface area contributed by atoms with E-state index in [0.29, 0.717) is 18.9 Å². The van der Waals surface area contributed by atoms with E-state index in [1.165, 1.54) is 12.8 Å². The minimum atomic E-state index is 0.121. The lowest BCUT2D eigenvalue weighted by molar-refractivity contribution is -0.121. The van der Waals surface area contributed by atoms with Crippen LogP contribution < -0.4 is 14.8 Å². The molecule has 2 aromatic carbocycles. The number of rotatable bonds is 10. The van der Waals surface area contributed by atoms with Crippen molar-refractivity contribution in [1.82, 2.24) is 10.2 Å². The van der Waals surface area contributed by atoms with Gasteiger partial charge in [-0.15, -0.1) is 0 Å². The first-order valence-electron chi connectivity index (χ1n) is 11.1. The van der Waals surface area contributed by atoms with Crippen LogP contribution in [0, 0.1) is 5.92 Å². The second kappa shape index (κ2) is 12.2. The summed E-state index contributed by atoms with van der Waals surface area (Å²) in [6.45, 7) is 3.64. The molecule has 2 aromatic rings. The van der Waals surface area contributed by atoms with Crippen LogP contribution in [0.5, 0.6) is 11.5 Å². The second-order valence-corrected chi connectivity index (χ2v) is 8.08. The Labute approximate surface area is 186 Å². The second-order valence-electron chi connectivity index (χ2n) is 8.08. The number of ether oxygens (including phenoxy) is 2. The average Bonchev–Trinajstić information content (AvgIpc) is 2.82. The van der Waals surface area contributed by atoms with E-state index >= 15 is 0 Å². The molecule has 3 rings (SSSR count). The van der Waals surface area contributed by atoms with Crippen LogP contribution in [0.1, 0.15) is 36.8 Å². The summed E-state index contributed by atoms with van der Waals surface area (Å²) in [4.78, 5) is 14.8. The Balaban J connectivity index is 1.39. The van der Waals surface area contributed by atoms with Crippen molar-refractivity contribution >= 4 is 12.0 Å². The number of piperidine rings is 1. The highest BCUT2D eigenvalue weighted by atomic mass is 16.5. The molecule has 0 radical (unpaired) electrons. The van der Waals surface area contributed by atoms with Crippen LogP contribution in [-0.2, 0) is 11.3 Å². The highest BCUT2D eigenvalue weighted by Gasteiger charge is 2.19. The molecule has 1 aliphatic rings. The number of hydrogen-bond acceptors (Lipinski definition) is 4. The van der Waals surface area contributed by atoms with Crippen molar-refractivity contribution in [1.29, 1.82) is 0 Å². The Morgan fingerprint density at radius 2 is 2.03 bits per heavy atom. The summed E-state index contributed by atoms with van der Waals surface area (Å²) < 4.78 is 10.6. The molecule has 31 heavy (non-hydrogen) atoms. The van der Waals surface area contributed by atoms with Gasteiger partial charge in [0, 0.05) is 31.6 Å². The Bertz CT molecular complexity index is 865. The summed E-state index contributed by atoms with van der Waals surface area (Å²) >= 11 is 0. The molecule has 0 saturated carbocycles. The van der Waals surface area contributed by atoms with Gasteiger partial charge in [0.25, 0.3) is 0 Å². The van der Waals surface area contributed by atoms with E-state index in [1.807, 2.05) is 42.5 Å². The Morgan fingerprint density at radius 3 is 2.87 bits per heavy atom. The first-order valence-corrected chi connectivity index (χ1v) is 11.1. The van der Waals surface area contributed by atoms with Crippen LogP contribution in [0.2, 0.25) is 0 Å². The summed E-state index contributed by atoms with van der Waals surface area (Å²) in [6, 6.07) is 15.9. The SMILES string of the molecule is COc1cccc(CNC(=O)CC[C@H]2CCCN(C/C=C/c3ccccc3OC)C2)c1. The van der Waals surface area contributed by atoms with E-state index in [9.17, 15) is 4.79 Å². The lowest BCUT2D eigenvalue weighted by Crippen LogP contribution is -2.36. The van der Waals surface area contributed by atoms with Crippen LogP contribution in [0.3, 0.4) is 0 Å². The van der Waals surface area contributed by atoms with Gasteiger partial charge < -0.3 is 14.8 Å². The monoisotopic (exact) mass is 422 g/mol. The zero-order valence-corrected chi connectivity index (χ0v) is 18.7. The molecule has 1 fully saturated rings. The summed E-state index contributed by atoms with van der Waals surface area (Å²) in [5, 5.41) is 3.03. The topological polar surface area (TPSA) is 50.8 Å². The van der Waals surface area contributed by atoms with Crippen LogP contribution in [0.15, 0.2) is 54.6 Å². The van der Waals surface area contributed by atoms with Crippen molar-refractivity contribution in [3.8, 4) is 11.5 Å². The number of amides is 1. The Morgan fingerprint density at radius 1 is 1.16 bits per heavy atom. The molecule has 1 aliphatic heterocycles. The van der Waals surface area contributed by atoms with Crippen molar-refractivity contribution in [2.75, 3.05) is 33.9 Å². The van der Waals surface area contributed by atoms with Crippen LogP contribution in [0.4, 0.5) is 0 Å². The van der Waals surface area contributed by atoms with Gasteiger partial charge in [0.1, 0.15) is 11.5 Å². The zero-order chi connectivity index (χ0) is 21.9. The van der Waals surface area contributed by atoms with Gasteiger partial charge in [-0.05, 0) is 55.5 Å². The highest BCUT2D eigenvalue weighted by molar-refractivity contribution is 5.75. The number of nitrogens with zero attached hydrogens (tertiary/aromatic N) is 1. The lowest BCUT2D eigenvalue weighted by atomic mass is 9.93. The lowest BCUT2D eigenvalue weighted by Gasteiger charge is -2.32. The number of nitrogens with one attached hydrogen (secondary N) is 1. The van der Waals surface area contributed by atoms with Gasteiger partial charge in [0.15, 0.2) is 0 Å². The molecule has 0 bridgehead atoms. The number of hydrogen-bond donors (Lipinski definition) is 1. The minimum Gasteiger partial charge on any atom is -0.497 e. The maximum atomic E-state index is 12.3. The van der Waals surface area contributed by atoms with Gasteiger partial charge in [-0.3, -0.25) is 9.69 Å². The molecule has 0 spiro atoms. The molecule has 1 N–H and O–H groups in total. The van der Waals surface area contributed by atoms with E-state index in [4.69, 9.17) is 9.47 Å². The van der Waals surface area contributed by atoms with Crippen molar-refractivity contribution in [2.45, 2.75) is 32.2 Å². The maximum absolute atomic E-state index is 12.3. The molecule has 1 heterocycles. The van der Waals surface area contributed by atoms with Gasteiger partial charge >= 0.3 is 0 Å². The molecule has 166 valence electrons. The van der Waals surface area contributed by atoms with Crippen LogP contribution >= 0.6 is 0 Å². The Kier molecular flexibility index (Phi) is 8.98. The number of likely N-dealkylation sites (tertiary alicyclic amines) is 1. The summed E-state index contributed by atoms with van der Waals surface area (Å²) in [7, 11) is 3.36. The molecule has 5 nitrogen and oxygen atoms in total. The predicted octanol–water partition coefficient (Wildman–Crippen LogP) is 4.53. The van der Waals surface area contributed by atoms with Crippen molar-refractivity contribution in [3.63, 3.8) is 0 Å². The quantitative estimate of drug-likeness (QED) is 0.611. The zero-order valence-electron chi connectivity index (χ0n) is 18.7. The molecule has 1 atom stereocenters. The molecular weight excluding hydrogens is 388 g/mol. The summed E-state index contributed by atoms with van der Waals surface area (Å²) in [5.41, 5.74) is 2.16.